The molecule has 15 heteroatoms. The van der Waals surface area contributed by atoms with Crippen LogP contribution in [0.5, 0.6) is 0 Å². The summed E-state index contributed by atoms with van der Waals surface area (Å²) in [6.45, 7) is 6.50. The Balaban J connectivity index is 2.38. The molecule has 0 saturated carbocycles. The number of ether oxygens (including phenoxy) is 8. The summed E-state index contributed by atoms with van der Waals surface area (Å²) < 4.78 is 43.6. The van der Waals surface area contributed by atoms with Crippen molar-refractivity contribution < 1.29 is 66.7 Å². The van der Waals surface area contributed by atoms with Gasteiger partial charge in [0.15, 0.2) is 0 Å². The summed E-state index contributed by atoms with van der Waals surface area (Å²) in [7, 11) is 0. The zero-order valence-electron chi connectivity index (χ0n) is 21.2. The van der Waals surface area contributed by atoms with E-state index in [0.29, 0.717) is 0 Å². The molecule has 2 aliphatic rings. The normalized spacial score (nSPS) is 31.3. The first-order valence-corrected chi connectivity index (χ1v) is 13.2. The molecule has 0 unspecified atom stereocenters. The third-order valence-electron chi connectivity index (χ3n) is 4.88. The van der Waals surface area contributed by atoms with Crippen molar-refractivity contribution in [1.82, 2.24) is 0 Å². The number of hydrogen-bond acceptors (Lipinski definition) is 14. The summed E-state index contributed by atoms with van der Waals surface area (Å²) in [6.07, 6.45) is -6.92. The van der Waals surface area contributed by atoms with Gasteiger partial charge in [-0.25, -0.2) is 0 Å². The predicted molar refractivity (Wildman–Crippen MR) is 119 cm³/mol. The molecule has 0 bridgehead atoms. The molecule has 2 saturated heterocycles. The van der Waals surface area contributed by atoms with Crippen LogP contribution in [0.25, 0.3) is 0 Å². The Morgan fingerprint density at radius 2 is 0.757 bits per heavy atom. The molecule has 0 radical (unpaired) electrons. The summed E-state index contributed by atoms with van der Waals surface area (Å²) in [5.41, 5.74) is 0. The van der Waals surface area contributed by atoms with E-state index < -0.39 is 97.4 Å². The van der Waals surface area contributed by atoms with Crippen LogP contribution >= 0.6 is 0 Å². The molecule has 0 aromatic heterocycles. The third kappa shape index (κ3) is 9.25. The van der Waals surface area contributed by atoms with Crippen LogP contribution in [-0.2, 0) is 66.7 Å². The van der Waals surface area contributed by atoms with Gasteiger partial charge >= 0.3 is 219 Å². The van der Waals surface area contributed by atoms with E-state index in [-0.39, 0.29) is 13.2 Å². The van der Waals surface area contributed by atoms with Gasteiger partial charge in [0.2, 0.25) is 0 Å². The minimum absolute atomic E-state index is 0.198. The van der Waals surface area contributed by atoms with E-state index in [0.717, 1.165) is 41.5 Å². The van der Waals surface area contributed by atoms with Gasteiger partial charge in [0.05, 0.1) is 0 Å². The molecule has 0 spiro atoms. The Morgan fingerprint density at radius 3 is 1.03 bits per heavy atom. The molecule has 0 aliphatic carbocycles. The first-order chi connectivity index (χ1) is 17.3. The van der Waals surface area contributed by atoms with Crippen LogP contribution < -0.4 is 0 Å². The average Bonchev–Trinajstić information content (AvgIpc) is 2.74. The van der Waals surface area contributed by atoms with Crippen molar-refractivity contribution in [3.05, 3.63) is 0 Å². The topological polar surface area (TPSA) is 176 Å². The molecule has 2 aliphatic heterocycles. The van der Waals surface area contributed by atoms with Crippen molar-refractivity contribution in [2.45, 2.75) is 88.2 Å². The van der Waals surface area contributed by atoms with Crippen molar-refractivity contribution in [3.8, 4) is 0 Å². The molecule has 0 amide bonds. The average molecular weight is 597 g/mol. The third-order valence-corrected chi connectivity index (χ3v) is 7.70. The monoisotopic (exact) mass is 598 g/mol. The van der Waals surface area contributed by atoms with E-state index in [1.807, 2.05) is 0 Å². The Hall–Kier alpha value is -2.74. The van der Waals surface area contributed by atoms with Crippen molar-refractivity contribution in [3.63, 3.8) is 0 Å². The second-order valence-electron chi connectivity index (χ2n) is 8.13. The van der Waals surface area contributed by atoms with Crippen molar-refractivity contribution in [2.75, 3.05) is 13.2 Å². The number of esters is 6. The van der Waals surface area contributed by atoms with Crippen molar-refractivity contribution >= 4 is 50.8 Å². The van der Waals surface area contributed by atoms with Gasteiger partial charge in [0, 0.05) is 0 Å². The van der Waals surface area contributed by atoms with Gasteiger partial charge in [-0.2, -0.15) is 0 Å². The predicted octanol–water partition coefficient (Wildman–Crippen LogP) is -1.01. The van der Waals surface area contributed by atoms with E-state index in [9.17, 15) is 28.8 Å². The van der Waals surface area contributed by atoms with Gasteiger partial charge in [-0.3, -0.25) is 0 Å². The fourth-order valence-corrected chi connectivity index (χ4v) is 6.53. The molecule has 0 aromatic carbocycles. The standard InChI is InChI=1S/C22H30O14Se/c1-9(23)31-15-7-29-21(19(35-13(5)27)17(15)33-11(3)25)37-22-20(36-14(6)28)18(34-12(4)26)16(8-30-22)32-10(2)24/h15-22H,7-8H2,1-6H3/t15-,16-,17-,18-,19+,20+,21+,22+/m1/s1. The second kappa shape index (κ2) is 13.7. The van der Waals surface area contributed by atoms with E-state index in [4.69, 9.17) is 37.9 Å². The second-order valence-corrected chi connectivity index (χ2v) is 10.7. The van der Waals surface area contributed by atoms with Crippen LogP contribution in [-0.4, -0.2) is 111 Å². The fraction of sp³-hybridized carbons (Fsp3) is 0.727. The van der Waals surface area contributed by atoms with Crippen LogP contribution in [0, 0.1) is 0 Å². The minimum atomic E-state index is -1.21. The molecule has 8 atom stereocenters. The zero-order chi connectivity index (χ0) is 27.9. The van der Waals surface area contributed by atoms with Gasteiger partial charge in [0.1, 0.15) is 0 Å². The van der Waals surface area contributed by atoms with Crippen LogP contribution in [0.1, 0.15) is 41.5 Å². The van der Waals surface area contributed by atoms with Gasteiger partial charge in [0.25, 0.3) is 0 Å². The Morgan fingerprint density at radius 1 is 0.486 bits per heavy atom. The fourth-order valence-electron chi connectivity index (χ4n) is 3.78. The number of carbonyl (C=O) groups excluding carboxylic acids is 6. The summed E-state index contributed by atoms with van der Waals surface area (Å²) >= 11 is -0.848. The summed E-state index contributed by atoms with van der Waals surface area (Å²) in [4.78, 5) is 70.6. The Labute approximate surface area is 219 Å². The van der Waals surface area contributed by atoms with E-state index in [1.54, 1.807) is 0 Å². The summed E-state index contributed by atoms with van der Waals surface area (Å²) in [5, 5.41) is -1.86. The van der Waals surface area contributed by atoms with Crippen LogP contribution in [0.4, 0.5) is 0 Å². The molecule has 14 nitrogen and oxygen atoms in total. The molecule has 2 heterocycles. The number of rotatable bonds is 8. The van der Waals surface area contributed by atoms with Crippen LogP contribution in [0.15, 0.2) is 0 Å². The van der Waals surface area contributed by atoms with Gasteiger partial charge in [-0.1, -0.05) is 0 Å². The summed E-state index contributed by atoms with van der Waals surface area (Å²) in [6, 6.07) is 0. The molecular formula is C22H30O14Se. The Bertz CT molecular complexity index is 821. The van der Waals surface area contributed by atoms with Crippen molar-refractivity contribution in [1.29, 1.82) is 0 Å². The molecule has 2 fully saturated rings. The van der Waals surface area contributed by atoms with Gasteiger partial charge < -0.3 is 0 Å². The van der Waals surface area contributed by atoms with Crippen LogP contribution in [0.3, 0.4) is 0 Å². The molecule has 0 N–H and O–H groups in total. The molecule has 0 aromatic rings. The maximum absolute atomic E-state index is 11.9. The summed E-state index contributed by atoms with van der Waals surface area (Å²) in [5.74, 6) is -4.19. The number of carbonyl (C=O) groups is 6. The van der Waals surface area contributed by atoms with Gasteiger partial charge in [-0.05, 0) is 0 Å². The van der Waals surface area contributed by atoms with Crippen molar-refractivity contribution in [2.24, 2.45) is 0 Å². The van der Waals surface area contributed by atoms with Gasteiger partial charge in [-0.15, -0.1) is 0 Å². The van der Waals surface area contributed by atoms with E-state index >= 15 is 0 Å². The first kappa shape index (κ1) is 30.5. The number of hydrogen-bond donors (Lipinski definition) is 0. The SMILES string of the molecule is CC(=O)O[C@H]1[C@H](OC(C)=O)[C@H]([Se][C@@H]2OC[C@@H](OC(C)=O)[C@@H](OC(C)=O)[C@@H]2OC(C)=O)OC[C@H]1OC(C)=O. The Kier molecular flexibility index (Phi) is 11.3. The quantitative estimate of drug-likeness (QED) is 0.189. The molecule has 37 heavy (non-hydrogen) atoms. The van der Waals surface area contributed by atoms with E-state index in [2.05, 4.69) is 0 Å². The molecule has 2 rings (SSSR count). The molecular weight excluding hydrogens is 567 g/mol. The first-order valence-electron chi connectivity index (χ1n) is 11.2. The van der Waals surface area contributed by atoms with E-state index in [1.165, 1.54) is 0 Å². The zero-order valence-corrected chi connectivity index (χ0v) is 22.9. The molecule has 208 valence electrons. The maximum atomic E-state index is 11.9. The van der Waals surface area contributed by atoms with Crippen LogP contribution in [0.2, 0.25) is 0 Å².